The third kappa shape index (κ3) is 2.43. The van der Waals surface area contributed by atoms with E-state index in [1.54, 1.807) is 6.07 Å². The van der Waals surface area contributed by atoms with Gasteiger partial charge in [-0.05, 0) is 50.5 Å². The molecule has 0 spiro atoms. The van der Waals surface area contributed by atoms with Crippen LogP contribution in [0.2, 0.25) is 0 Å². The highest BCUT2D eigenvalue weighted by molar-refractivity contribution is 7.91. The molecule has 0 radical (unpaired) electrons. The van der Waals surface area contributed by atoms with Gasteiger partial charge in [-0.15, -0.1) is 0 Å². The Morgan fingerprint density at radius 2 is 1.37 bits per heavy atom. The van der Waals surface area contributed by atoms with E-state index in [0.29, 0.717) is 9.79 Å². The first-order valence-corrected chi connectivity index (χ1v) is 7.71. The van der Waals surface area contributed by atoms with Crippen LogP contribution in [0.5, 0.6) is 0 Å². The maximum atomic E-state index is 12.8. The van der Waals surface area contributed by atoms with Crippen molar-refractivity contribution in [3.8, 4) is 0 Å². The van der Waals surface area contributed by atoms with E-state index >= 15 is 0 Å². The van der Waals surface area contributed by atoms with Gasteiger partial charge in [0, 0.05) is 0 Å². The molecule has 2 aromatic carbocycles. The SMILES string of the molecule is Cc1ccc(S(=O)(=O)c2c(C)cccc2C)c(C)c1. The monoisotopic (exact) mass is 274 g/mol. The summed E-state index contributed by atoms with van der Waals surface area (Å²) in [6, 6.07) is 11.0. The first-order chi connectivity index (χ1) is 8.84. The molecular formula is C16H18O2S. The van der Waals surface area contributed by atoms with Gasteiger partial charge in [0.1, 0.15) is 0 Å². The van der Waals surface area contributed by atoms with Crippen LogP contribution >= 0.6 is 0 Å². The second-order valence-electron chi connectivity index (χ2n) is 4.99. The zero-order chi connectivity index (χ0) is 14.2. The third-order valence-electron chi connectivity index (χ3n) is 3.30. The molecule has 0 amide bonds. The van der Waals surface area contributed by atoms with Crippen molar-refractivity contribution in [3.05, 3.63) is 58.7 Å². The van der Waals surface area contributed by atoms with Gasteiger partial charge in [-0.25, -0.2) is 8.42 Å². The van der Waals surface area contributed by atoms with E-state index in [1.165, 1.54) is 0 Å². The molecule has 0 aliphatic rings. The highest BCUT2D eigenvalue weighted by Gasteiger charge is 2.23. The number of rotatable bonds is 2. The van der Waals surface area contributed by atoms with Gasteiger partial charge in [-0.2, -0.15) is 0 Å². The Morgan fingerprint density at radius 3 is 1.89 bits per heavy atom. The lowest BCUT2D eigenvalue weighted by Gasteiger charge is -2.13. The van der Waals surface area contributed by atoms with Crippen molar-refractivity contribution in [2.24, 2.45) is 0 Å². The van der Waals surface area contributed by atoms with Crippen LogP contribution < -0.4 is 0 Å². The summed E-state index contributed by atoms with van der Waals surface area (Å²) in [5, 5.41) is 0. The second kappa shape index (κ2) is 4.82. The van der Waals surface area contributed by atoms with E-state index in [-0.39, 0.29) is 0 Å². The highest BCUT2D eigenvalue weighted by Crippen LogP contribution is 2.29. The van der Waals surface area contributed by atoms with Crippen molar-refractivity contribution in [1.82, 2.24) is 0 Å². The van der Waals surface area contributed by atoms with Crippen molar-refractivity contribution in [2.75, 3.05) is 0 Å². The summed E-state index contributed by atoms with van der Waals surface area (Å²) < 4.78 is 25.6. The molecule has 2 rings (SSSR count). The number of aryl methyl sites for hydroxylation is 4. The number of hydrogen-bond donors (Lipinski definition) is 0. The van der Waals surface area contributed by atoms with Gasteiger partial charge >= 0.3 is 0 Å². The maximum Gasteiger partial charge on any atom is 0.207 e. The number of sulfone groups is 1. The molecule has 0 aliphatic heterocycles. The van der Waals surface area contributed by atoms with E-state index in [9.17, 15) is 8.42 Å². The quantitative estimate of drug-likeness (QED) is 0.835. The van der Waals surface area contributed by atoms with Crippen LogP contribution in [0.15, 0.2) is 46.2 Å². The van der Waals surface area contributed by atoms with Crippen LogP contribution in [-0.2, 0) is 9.84 Å². The minimum Gasteiger partial charge on any atom is -0.218 e. The Morgan fingerprint density at radius 1 is 0.789 bits per heavy atom. The molecule has 100 valence electrons. The highest BCUT2D eigenvalue weighted by atomic mass is 32.2. The van der Waals surface area contributed by atoms with E-state index in [4.69, 9.17) is 0 Å². The Balaban J connectivity index is 2.73. The van der Waals surface area contributed by atoms with Gasteiger partial charge in [0.05, 0.1) is 9.79 Å². The summed E-state index contributed by atoms with van der Waals surface area (Å²) in [6.07, 6.45) is 0. The average Bonchev–Trinajstić information content (AvgIpc) is 2.27. The molecule has 19 heavy (non-hydrogen) atoms. The summed E-state index contributed by atoms with van der Waals surface area (Å²) in [7, 11) is -3.45. The van der Waals surface area contributed by atoms with E-state index in [1.807, 2.05) is 58.0 Å². The molecular weight excluding hydrogens is 256 g/mol. The summed E-state index contributed by atoms with van der Waals surface area (Å²) in [4.78, 5) is 0.831. The Hall–Kier alpha value is -1.61. The van der Waals surface area contributed by atoms with Gasteiger partial charge in [0.25, 0.3) is 0 Å². The lowest BCUT2D eigenvalue weighted by molar-refractivity contribution is 0.594. The first-order valence-electron chi connectivity index (χ1n) is 6.22. The van der Waals surface area contributed by atoms with Crippen molar-refractivity contribution in [3.63, 3.8) is 0 Å². The fourth-order valence-corrected chi connectivity index (χ4v) is 4.37. The number of benzene rings is 2. The van der Waals surface area contributed by atoms with Crippen LogP contribution in [0, 0.1) is 27.7 Å². The van der Waals surface area contributed by atoms with Crippen LogP contribution in [0.25, 0.3) is 0 Å². The Labute approximate surface area is 115 Å². The zero-order valence-electron chi connectivity index (χ0n) is 11.7. The van der Waals surface area contributed by atoms with Crippen LogP contribution in [0.4, 0.5) is 0 Å². The third-order valence-corrected chi connectivity index (χ3v) is 5.52. The Kier molecular flexibility index (Phi) is 3.50. The molecule has 3 heteroatoms. The molecule has 0 unspecified atom stereocenters. The van der Waals surface area contributed by atoms with Crippen molar-refractivity contribution < 1.29 is 8.42 Å². The smallest absolute Gasteiger partial charge is 0.207 e. The van der Waals surface area contributed by atoms with Crippen LogP contribution in [0.1, 0.15) is 22.3 Å². The van der Waals surface area contributed by atoms with Gasteiger partial charge in [-0.3, -0.25) is 0 Å². The van der Waals surface area contributed by atoms with Crippen LogP contribution in [0.3, 0.4) is 0 Å². The molecule has 0 fully saturated rings. The standard InChI is InChI=1S/C16H18O2S/c1-11-8-9-15(14(4)10-11)19(17,18)16-12(2)6-5-7-13(16)3/h5-10H,1-4H3. The molecule has 2 aromatic rings. The fraction of sp³-hybridized carbons (Fsp3) is 0.250. The molecule has 0 N–H and O–H groups in total. The van der Waals surface area contributed by atoms with Crippen LogP contribution in [-0.4, -0.2) is 8.42 Å². The average molecular weight is 274 g/mol. The minimum atomic E-state index is -3.45. The molecule has 0 bridgehead atoms. The van der Waals surface area contributed by atoms with E-state index in [0.717, 1.165) is 22.3 Å². The van der Waals surface area contributed by atoms with Gasteiger partial charge in [-0.1, -0.05) is 35.9 Å². The predicted molar refractivity (Wildman–Crippen MR) is 77.3 cm³/mol. The van der Waals surface area contributed by atoms with E-state index < -0.39 is 9.84 Å². The van der Waals surface area contributed by atoms with Crippen molar-refractivity contribution >= 4 is 9.84 Å². The lowest BCUT2D eigenvalue weighted by Crippen LogP contribution is -2.08. The normalized spacial score (nSPS) is 11.6. The first kappa shape index (κ1) is 13.8. The minimum absolute atomic E-state index is 0.399. The summed E-state index contributed by atoms with van der Waals surface area (Å²) in [5.41, 5.74) is 3.44. The van der Waals surface area contributed by atoms with E-state index in [2.05, 4.69) is 0 Å². The molecule has 0 aromatic heterocycles. The van der Waals surface area contributed by atoms with Gasteiger partial charge < -0.3 is 0 Å². The summed E-state index contributed by atoms with van der Waals surface area (Å²) in [6.45, 7) is 7.47. The van der Waals surface area contributed by atoms with Crippen molar-refractivity contribution in [2.45, 2.75) is 37.5 Å². The second-order valence-corrected chi connectivity index (χ2v) is 6.85. The molecule has 0 aliphatic carbocycles. The lowest BCUT2D eigenvalue weighted by atomic mass is 10.1. The van der Waals surface area contributed by atoms with Gasteiger partial charge in [0.2, 0.25) is 9.84 Å². The zero-order valence-corrected chi connectivity index (χ0v) is 12.5. The molecule has 0 heterocycles. The molecule has 0 saturated carbocycles. The molecule has 0 saturated heterocycles. The predicted octanol–water partition coefficient (Wildman–Crippen LogP) is 3.75. The van der Waals surface area contributed by atoms with Gasteiger partial charge in [0.15, 0.2) is 0 Å². The van der Waals surface area contributed by atoms with Crippen molar-refractivity contribution in [1.29, 1.82) is 0 Å². The summed E-state index contributed by atoms with van der Waals surface area (Å²) >= 11 is 0. The topological polar surface area (TPSA) is 34.1 Å². The summed E-state index contributed by atoms with van der Waals surface area (Å²) in [5.74, 6) is 0. The molecule has 0 atom stereocenters. The number of hydrogen-bond acceptors (Lipinski definition) is 2. The fourth-order valence-electron chi connectivity index (χ4n) is 2.43. The largest absolute Gasteiger partial charge is 0.218 e. The maximum absolute atomic E-state index is 12.8. The molecule has 2 nitrogen and oxygen atoms in total. The Bertz CT molecular complexity index is 708.